The van der Waals surface area contributed by atoms with E-state index in [-0.39, 0.29) is 65.5 Å². The number of para-hydroxylation sites is 1. The lowest BCUT2D eigenvalue weighted by Crippen LogP contribution is -2.34. The van der Waals surface area contributed by atoms with Gasteiger partial charge in [-0.1, -0.05) is 24.3 Å². The highest BCUT2D eigenvalue weighted by Crippen LogP contribution is 2.40. The summed E-state index contributed by atoms with van der Waals surface area (Å²) in [5.41, 5.74) is 1.12. The number of aromatic hydroxyl groups is 1. The van der Waals surface area contributed by atoms with Crippen LogP contribution in [0.5, 0.6) is 5.75 Å². The molecule has 2 heterocycles. The Kier molecular flexibility index (Phi) is 12.3. The molecule has 0 aliphatic carbocycles. The van der Waals surface area contributed by atoms with Gasteiger partial charge >= 0.3 is 11.9 Å². The van der Waals surface area contributed by atoms with Gasteiger partial charge in [0.25, 0.3) is 17.5 Å². The largest absolute Gasteiger partial charge is 0.507 e. The Morgan fingerprint density at radius 3 is 2.09 bits per heavy atom. The van der Waals surface area contributed by atoms with E-state index >= 15 is 0 Å². The smallest absolute Gasteiger partial charge is 0.336 e. The van der Waals surface area contributed by atoms with Crippen LogP contribution in [-0.2, 0) is 19.1 Å². The molecule has 1 atom stereocenters. The summed E-state index contributed by atoms with van der Waals surface area (Å²) in [6, 6.07) is 14.7. The molecule has 4 rings (SSSR count). The van der Waals surface area contributed by atoms with Gasteiger partial charge in [0.2, 0.25) is 0 Å². The van der Waals surface area contributed by atoms with Gasteiger partial charge in [-0.3, -0.25) is 24.7 Å². The number of amides is 2. The van der Waals surface area contributed by atoms with Crippen LogP contribution in [0.2, 0.25) is 0 Å². The molecule has 15 heteroatoms. The first kappa shape index (κ1) is 35.4. The molecule has 0 spiro atoms. The number of nitro benzene ring substituents is 1. The van der Waals surface area contributed by atoms with Crippen molar-refractivity contribution >= 4 is 29.4 Å². The molecule has 0 saturated carbocycles. The summed E-state index contributed by atoms with van der Waals surface area (Å²) in [5, 5.41) is 29.6. The Labute approximate surface area is 268 Å². The summed E-state index contributed by atoms with van der Waals surface area (Å²) in [7, 11) is 0. The van der Waals surface area contributed by atoms with Gasteiger partial charge in [-0.25, -0.2) is 9.59 Å². The fourth-order valence-corrected chi connectivity index (χ4v) is 4.82. The third-order valence-corrected chi connectivity index (χ3v) is 6.93. The number of esters is 2. The van der Waals surface area contributed by atoms with Crippen LogP contribution in [0, 0.1) is 10.1 Å². The van der Waals surface area contributed by atoms with Crippen LogP contribution < -0.4 is 16.0 Å². The molecule has 0 fully saturated rings. The number of phenolic OH excluding ortho intramolecular Hbond substituents is 1. The van der Waals surface area contributed by atoms with Crippen LogP contribution in [0.3, 0.4) is 0 Å². The molecule has 0 radical (unpaired) electrons. The summed E-state index contributed by atoms with van der Waals surface area (Å²) in [5.74, 6) is -3.94. The molecule has 15 nitrogen and oxygen atoms in total. The summed E-state index contributed by atoms with van der Waals surface area (Å²) in [6.07, 6.45) is 2.92. The predicted molar refractivity (Wildman–Crippen MR) is 167 cm³/mol. The number of rotatable bonds is 12. The molecule has 47 heavy (non-hydrogen) atoms. The van der Waals surface area contributed by atoms with E-state index in [1.165, 1.54) is 42.7 Å². The standard InChI is InChI=1S/C32H31N5O9.H2O/c1-19-26(31(41)45-15-13-34-29(39)22-8-6-12-33-18-22)28(21-7-5-9-23(17-21)37(43)44)27(20(2)36-19)32(42)46-16-14-35-30(40)24-10-3-4-11-25(24)38;/h3-12,17-18,28,36,38H,13-16H2,1-2H3,(H,34,39)(H,35,40);1H2. The molecular weight excluding hydrogens is 614 g/mol. The maximum absolute atomic E-state index is 13.5. The Morgan fingerprint density at radius 1 is 0.894 bits per heavy atom. The van der Waals surface area contributed by atoms with Gasteiger partial charge in [0.15, 0.2) is 0 Å². The second kappa shape index (κ2) is 16.3. The van der Waals surface area contributed by atoms with Crippen molar-refractivity contribution in [2.24, 2.45) is 0 Å². The number of allylic oxidation sites excluding steroid dienone is 2. The third kappa shape index (κ3) is 8.76. The van der Waals surface area contributed by atoms with Crippen LogP contribution in [0.15, 0.2) is 95.6 Å². The van der Waals surface area contributed by atoms with Crippen molar-refractivity contribution in [2.75, 3.05) is 26.3 Å². The number of non-ortho nitro benzene ring substituents is 1. The van der Waals surface area contributed by atoms with Gasteiger partial charge in [0.05, 0.1) is 46.2 Å². The fourth-order valence-electron chi connectivity index (χ4n) is 4.82. The lowest BCUT2D eigenvalue weighted by molar-refractivity contribution is -0.384. The van der Waals surface area contributed by atoms with Gasteiger partial charge in [0, 0.05) is 35.9 Å². The number of nitrogens with one attached hydrogen (secondary N) is 3. The van der Waals surface area contributed by atoms with Crippen LogP contribution in [0.1, 0.15) is 46.0 Å². The highest BCUT2D eigenvalue weighted by atomic mass is 16.6. The second-order valence-electron chi connectivity index (χ2n) is 10.0. The number of dihydropyridines is 1. The van der Waals surface area contributed by atoms with Crippen molar-refractivity contribution in [3.05, 3.63) is 122 Å². The molecule has 0 saturated heterocycles. The number of benzene rings is 2. The van der Waals surface area contributed by atoms with E-state index in [9.17, 15) is 34.4 Å². The first-order valence-electron chi connectivity index (χ1n) is 14.1. The van der Waals surface area contributed by atoms with E-state index < -0.39 is 34.6 Å². The predicted octanol–water partition coefficient (Wildman–Crippen LogP) is 2.05. The minimum atomic E-state index is -1.11. The highest BCUT2D eigenvalue weighted by molar-refractivity contribution is 6.00. The Balaban J connectivity index is 0.00000600. The summed E-state index contributed by atoms with van der Waals surface area (Å²) < 4.78 is 10.9. The average Bonchev–Trinajstić information content (AvgIpc) is 3.05. The maximum Gasteiger partial charge on any atom is 0.336 e. The zero-order chi connectivity index (χ0) is 33.2. The lowest BCUT2D eigenvalue weighted by Gasteiger charge is -2.30. The van der Waals surface area contributed by atoms with E-state index in [2.05, 4.69) is 20.9 Å². The number of phenols is 1. The monoisotopic (exact) mass is 647 g/mol. The quantitative estimate of drug-likeness (QED) is 0.0962. The number of nitro groups is 1. The van der Waals surface area contributed by atoms with E-state index in [0.717, 1.165) is 0 Å². The number of carbonyl (C=O) groups excluding carboxylic acids is 4. The topological polar surface area (TPSA) is 231 Å². The number of hydrogen-bond acceptors (Lipinski definition) is 11. The van der Waals surface area contributed by atoms with Gasteiger partial charge in [-0.2, -0.15) is 0 Å². The number of ether oxygens (including phenoxy) is 2. The van der Waals surface area contributed by atoms with Crippen LogP contribution >= 0.6 is 0 Å². The zero-order valence-electron chi connectivity index (χ0n) is 25.4. The first-order chi connectivity index (χ1) is 22.1. The molecule has 6 N–H and O–H groups in total. The fraction of sp³-hybridized carbons (Fsp3) is 0.219. The number of aromatic nitrogens is 1. The van der Waals surface area contributed by atoms with E-state index in [1.807, 2.05) is 0 Å². The van der Waals surface area contributed by atoms with Gasteiger partial charge < -0.3 is 36.0 Å². The summed E-state index contributed by atoms with van der Waals surface area (Å²) >= 11 is 0. The molecule has 0 bridgehead atoms. The number of pyridine rings is 1. The number of carbonyl (C=O) groups is 4. The molecule has 246 valence electrons. The van der Waals surface area contributed by atoms with Gasteiger partial charge in [0.1, 0.15) is 19.0 Å². The molecule has 1 aliphatic heterocycles. The van der Waals surface area contributed by atoms with Crippen molar-refractivity contribution in [3.8, 4) is 5.75 Å². The van der Waals surface area contributed by atoms with Crippen LogP contribution in [0.25, 0.3) is 0 Å². The first-order valence-corrected chi connectivity index (χ1v) is 14.1. The van der Waals surface area contributed by atoms with Gasteiger partial charge in [-0.05, 0) is 43.7 Å². The summed E-state index contributed by atoms with van der Waals surface area (Å²) in [4.78, 5) is 66.5. The molecule has 2 amide bonds. The maximum atomic E-state index is 13.5. The van der Waals surface area contributed by atoms with Crippen molar-refractivity contribution < 1.29 is 44.2 Å². The molecule has 2 aromatic carbocycles. The number of hydrogen-bond donors (Lipinski definition) is 4. The molecular formula is C32H33N5O10. The minimum Gasteiger partial charge on any atom is -0.507 e. The molecule has 1 aliphatic rings. The van der Waals surface area contributed by atoms with E-state index in [1.54, 1.807) is 44.2 Å². The van der Waals surface area contributed by atoms with E-state index in [4.69, 9.17) is 9.47 Å². The second-order valence-corrected chi connectivity index (χ2v) is 10.0. The molecule has 1 unspecified atom stereocenters. The highest BCUT2D eigenvalue weighted by Gasteiger charge is 2.38. The van der Waals surface area contributed by atoms with Crippen molar-refractivity contribution in [3.63, 3.8) is 0 Å². The Morgan fingerprint density at radius 2 is 1.51 bits per heavy atom. The van der Waals surface area contributed by atoms with Crippen molar-refractivity contribution in [1.82, 2.24) is 20.9 Å². The van der Waals surface area contributed by atoms with Crippen LogP contribution in [0.4, 0.5) is 5.69 Å². The van der Waals surface area contributed by atoms with E-state index in [0.29, 0.717) is 17.0 Å². The molecule has 3 aromatic rings. The van der Waals surface area contributed by atoms with Crippen LogP contribution in [-0.4, -0.2) is 70.5 Å². The van der Waals surface area contributed by atoms with Crippen molar-refractivity contribution in [2.45, 2.75) is 19.8 Å². The lowest BCUT2D eigenvalue weighted by atomic mass is 9.80. The van der Waals surface area contributed by atoms with Gasteiger partial charge in [-0.15, -0.1) is 0 Å². The zero-order valence-corrected chi connectivity index (χ0v) is 25.4. The summed E-state index contributed by atoms with van der Waals surface area (Å²) in [6.45, 7) is 2.63. The Hall–Kier alpha value is -6.09. The normalized spacial score (nSPS) is 13.9. The minimum absolute atomic E-state index is 0. The Bertz CT molecular complexity index is 1720. The number of nitrogens with zero attached hydrogens (tertiary/aromatic N) is 2. The van der Waals surface area contributed by atoms with Crippen molar-refractivity contribution in [1.29, 1.82) is 0 Å². The average molecular weight is 648 g/mol. The SMILES string of the molecule is CC1=C(C(=O)OCCNC(=O)c2cccnc2)C(c2cccc([N+](=O)[O-])c2)C(C(=O)OCCNC(=O)c2ccccc2O)=C(C)N1.O. The molecule has 1 aromatic heterocycles. The third-order valence-electron chi connectivity index (χ3n) is 6.93.